The number of benzene rings is 2. The van der Waals surface area contributed by atoms with Gasteiger partial charge in [0.1, 0.15) is 0 Å². The summed E-state index contributed by atoms with van der Waals surface area (Å²) >= 11 is 0. The topological polar surface area (TPSA) is 68.0 Å². The van der Waals surface area contributed by atoms with Crippen LogP contribution in [0.15, 0.2) is 79.1 Å². The van der Waals surface area contributed by atoms with Gasteiger partial charge < -0.3 is 5.32 Å². The van der Waals surface area contributed by atoms with Gasteiger partial charge in [-0.15, -0.1) is 5.10 Å². The largest absolute Gasteiger partial charge is 0.354 e. The average molecular weight is 380 g/mol. The molecule has 0 radical (unpaired) electrons. The van der Waals surface area contributed by atoms with Gasteiger partial charge in [-0.05, 0) is 35.7 Å². The molecule has 6 heteroatoms. The van der Waals surface area contributed by atoms with Crippen LogP contribution in [0.3, 0.4) is 0 Å². The molecule has 0 spiro atoms. The molecule has 0 unspecified atom stereocenters. The van der Waals surface area contributed by atoms with Crippen molar-refractivity contribution >= 4 is 22.5 Å². The Kier molecular flexibility index (Phi) is 4.37. The molecule has 0 aliphatic heterocycles. The van der Waals surface area contributed by atoms with Crippen LogP contribution in [0.25, 0.3) is 27.9 Å². The number of para-hydroxylation sites is 1. The van der Waals surface area contributed by atoms with Crippen LogP contribution < -0.4 is 5.32 Å². The Hall–Kier alpha value is -3.80. The van der Waals surface area contributed by atoms with E-state index in [2.05, 4.69) is 41.5 Å². The summed E-state index contributed by atoms with van der Waals surface area (Å²) in [5, 5.41) is 9.17. The van der Waals surface area contributed by atoms with Crippen LogP contribution in [0.1, 0.15) is 18.4 Å². The van der Waals surface area contributed by atoms with Crippen molar-refractivity contribution in [1.82, 2.24) is 24.6 Å². The number of anilines is 1. The first-order chi connectivity index (χ1) is 14.3. The standard InChI is InChI=1S/C23H20N6/c1-16(17-8-3-2-4-9-17)14-25-23-26-20-12-6-5-11-19(20)22-27-21(28-29(22)23)18-10-7-13-24-15-18/h2-13,15-16H,14H2,1H3,(H,25,26)/t16-/m1/s1. The molecular weight excluding hydrogens is 360 g/mol. The van der Waals surface area contributed by atoms with Gasteiger partial charge in [0.2, 0.25) is 5.95 Å². The number of fused-ring (bicyclic) bond motifs is 3. The zero-order valence-corrected chi connectivity index (χ0v) is 16.0. The third-order valence-electron chi connectivity index (χ3n) is 5.03. The lowest BCUT2D eigenvalue weighted by atomic mass is 10.0. The maximum atomic E-state index is 4.81. The Bertz CT molecular complexity index is 1260. The Labute approximate surface area is 168 Å². The van der Waals surface area contributed by atoms with E-state index in [4.69, 9.17) is 15.1 Å². The van der Waals surface area contributed by atoms with E-state index in [0.717, 1.165) is 28.7 Å². The van der Waals surface area contributed by atoms with Gasteiger partial charge in [-0.25, -0.2) is 9.97 Å². The zero-order valence-electron chi connectivity index (χ0n) is 16.0. The minimum absolute atomic E-state index is 0.334. The number of hydrogen-bond acceptors (Lipinski definition) is 5. The summed E-state index contributed by atoms with van der Waals surface area (Å²) in [6.45, 7) is 2.94. The molecule has 5 aromatic rings. The first-order valence-electron chi connectivity index (χ1n) is 9.64. The molecule has 6 nitrogen and oxygen atoms in total. The minimum Gasteiger partial charge on any atom is -0.354 e. The second-order valence-corrected chi connectivity index (χ2v) is 7.06. The molecule has 142 valence electrons. The van der Waals surface area contributed by atoms with E-state index in [-0.39, 0.29) is 0 Å². The summed E-state index contributed by atoms with van der Waals surface area (Å²) in [6.07, 6.45) is 3.52. The molecule has 5 rings (SSSR count). The van der Waals surface area contributed by atoms with Crippen LogP contribution in [0.5, 0.6) is 0 Å². The second kappa shape index (κ2) is 7.31. The van der Waals surface area contributed by atoms with Crippen molar-refractivity contribution in [3.05, 3.63) is 84.7 Å². The molecule has 2 aromatic carbocycles. The van der Waals surface area contributed by atoms with Crippen LogP contribution in [0.2, 0.25) is 0 Å². The van der Waals surface area contributed by atoms with Gasteiger partial charge in [-0.3, -0.25) is 4.98 Å². The number of pyridine rings is 1. The first kappa shape index (κ1) is 17.3. The highest BCUT2D eigenvalue weighted by Gasteiger charge is 2.15. The van der Waals surface area contributed by atoms with Crippen LogP contribution in [0, 0.1) is 0 Å². The first-order valence-corrected chi connectivity index (χ1v) is 9.64. The molecule has 0 aliphatic rings. The van der Waals surface area contributed by atoms with Crippen LogP contribution in [0.4, 0.5) is 5.95 Å². The lowest BCUT2D eigenvalue weighted by Crippen LogP contribution is -2.14. The molecule has 1 atom stereocenters. The molecule has 3 aromatic heterocycles. The number of nitrogens with one attached hydrogen (secondary N) is 1. The van der Waals surface area contributed by atoms with Crippen molar-refractivity contribution in [2.45, 2.75) is 12.8 Å². The molecule has 0 fully saturated rings. The Morgan fingerprint density at radius 3 is 2.59 bits per heavy atom. The van der Waals surface area contributed by atoms with Crippen molar-refractivity contribution in [3.8, 4) is 11.4 Å². The number of aromatic nitrogens is 5. The van der Waals surface area contributed by atoms with Gasteiger partial charge in [-0.2, -0.15) is 4.52 Å². The molecule has 0 amide bonds. The van der Waals surface area contributed by atoms with Gasteiger partial charge in [0.25, 0.3) is 0 Å². The predicted molar refractivity (Wildman–Crippen MR) is 115 cm³/mol. The van der Waals surface area contributed by atoms with Gasteiger partial charge in [0, 0.05) is 29.9 Å². The van der Waals surface area contributed by atoms with Crippen molar-refractivity contribution in [3.63, 3.8) is 0 Å². The van der Waals surface area contributed by atoms with Crippen molar-refractivity contribution in [2.24, 2.45) is 0 Å². The summed E-state index contributed by atoms with van der Waals surface area (Å²) in [6, 6.07) is 22.3. The summed E-state index contributed by atoms with van der Waals surface area (Å²) in [5.41, 5.74) is 3.83. The number of hydrogen-bond donors (Lipinski definition) is 1. The van der Waals surface area contributed by atoms with E-state index in [1.807, 2.05) is 42.5 Å². The average Bonchev–Trinajstić information content (AvgIpc) is 3.24. The molecule has 0 saturated heterocycles. The van der Waals surface area contributed by atoms with Gasteiger partial charge in [-0.1, -0.05) is 49.4 Å². The zero-order chi connectivity index (χ0) is 19.6. The molecule has 0 bridgehead atoms. The SMILES string of the molecule is C[C@H](CNc1nc2ccccc2c2nc(-c3cccnc3)nn12)c1ccccc1. The summed E-state index contributed by atoms with van der Waals surface area (Å²) in [5.74, 6) is 1.65. The summed E-state index contributed by atoms with van der Waals surface area (Å²) < 4.78 is 1.79. The molecular formula is C23H20N6. The van der Waals surface area contributed by atoms with Crippen molar-refractivity contribution < 1.29 is 0 Å². The molecule has 29 heavy (non-hydrogen) atoms. The van der Waals surface area contributed by atoms with Crippen LogP contribution in [-0.2, 0) is 0 Å². The second-order valence-electron chi connectivity index (χ2n) is 7.06. The fraction of sp³-hybridized carbons (Fsp3) is 0.130. The molecule has 1 N–H and O–H groups in total. The van der Waals surface area contributed by atoms with Gasteiger partial charge in [0.15, 0.2) is 11.5 Å². The Morgan fingerprint density at radius 2 is 1.76 bits per heavy atom. The smallest absolute Gasteiger partial charge is 0.226 e. The van der Waals surface area contributed by atoms with Crippen LogP contribution >= 0.6 is 0 Å². The lowest BCUT2D eigenvalue weighted by Gasteiger charge is -2.14. The third-order valence-corrected chi connectivity index (χ3v) is 5.03. The monoisotopic (exact) mass is 380 g/mol. The van der Waals surface area contributed by atoms with Crippen molar-refractivity contribution in [1.29, 1.82) is 0 Å². The molecule has 3 heterocycles. The summed E-state index contributed by atoms with van der Waals surface area (Å²) in [4.78, 5) is 13.8. The maximum absolute atomic E-state index is 4.81. The Morgan fingerprint density at radius 1 is 0.931 bits per heavy atom. The molecule has 0 aliphatic carbocycles. The number of nitrogens with zero attached hydrogens (tertiary/aromatic N) is 5. The van der Waals surface area contributed by atoms with E-state index in [1.165, 1.54) is 5.56 Å². The minimum atomic E-state index is 0.334. The third kappa shape index (κ3) is 3.29. The van der Waals surface area contributed by atoms with Gasteiger partial charge in [0.05, 0.1) is 5.52 Å². The Balaban J connectivity index is 1.57. The fourth-order valence-corrected chi connectivity index (χ4v) is 3.43. The quantitative estimate of drug-likeness (QED) is 0.484. The van der Waals surface area contributed by atoms with E-state index >= 15 is 0 Å². The summed E-state index contributed by atoms with van der Waals surface area (Å²) in [7, 11) is 0. The van der Waals surface area contributed by atoms with Crippen LogP contribution in [-0.4, -0.2) is 31.1 Å². The molecule has 0 saturated carbocycles. The van der Waals surface area contributed by atoms with E-state index in [1.54, 1.807) is 16.9 Å². The number of rotatable bonds is 5. The highest BCUT2D eigenvalue weighted by molar-refractivity contribution is 5.92. The fourth-order valence-electron chi connectivity index (χ4n) is 3.43. The van der Waals surface area contributed by atoms with E-state index in [0.29, 0.717) is 17.7 Å². The normalized spacial score (nSPS) is 12.3. The van der Waals surface area contributed by atoms with Crippen molar-refractivity contribution in [2.75, 3.05) is 11.9 Å². The highest BCUT2D eigenvalue weighted by atomic mass is 15.4. The highest BCUT2D eigenvalue weighted by Crippen LogP contribution is 2.24. The van der Waals surface area contributed by atoms with E-state index < -0.39 is 0 Å². The predicted octanol–water partition coefficient (Wildman–Crippen LogP) is 4.56. The lowest BCUT2D eigenvalue weighted by molar-refractivity contribution is 0.788. The van der Waals surface area contributed by atoms with Gasteiger partial charge >= 0.3 is 0 Å². The van der Waals surface area contributed by atoms with E-state index in [9.17, 15) is 0 Å². The maximum Gasteiger partial charge on any atom is 0.226 e.